The molecule has 0 N–H and O–H groups in total. The number of anilines is 2. The third-order valence-electron chi connectivity index (χ3n) is 5.66. The molecule has 0 saturated heterocycles. The summed E-state index contributed by atoms with van der Waals surface area (Å²) in [5.41, 5.74) is 2.12. The second-order valence-corrected chi connectivity index (χ2v) is 16.1. The average Bonchev–Trinajstić information content (AvgIpc) is 3.48. The van der Waals surface area contributed by atoms with Crippen molar-refractivity contribution in [1.29, 1.82) is 0 Å². The number of hydrogen-bond acceptors (Lipinski definition) is 4. The van der Waals surface area contributed by atoms with Crippen LogP contribution in [0.3, 0.4) is 0 Å². The van der Waals surface area contributed by atoms with Gasteiger partial charge in [0, 0.05) is 0 Å². The van der Waals surface area contributed by atoms with Crippen molar-refractivity contribution in [2.75, 3.05) is 38.0 Å². The van der Waals surface area contributed by atoms with E-state index in [0.29, 0.717) is 0 Å². The molecule has 0 heterocycles. The molecule has 2 aromatic rings. The molecule has 0 spiro atoms. The van der Waals surface area contributed by atoms with E-state index in [0.717, 1.165) is 22.9 Å². The first kappa shape index (κ1) is 21.7. The zero-order chi connectivity index (χ0) is 21.8. The summed E-state index contributed by atoms with van der Waals surface area (Å²) >= 11 is -3.98. The molecule has 0 fully saturated rings. The Labute approximate surface area is 191 Å². The van der Waals surface area contributed by atoms with Crippen LogP contribution in [-0.4, -0.2) is 28.2 Å². The van der Waals surface area contributed by atoms with E-state index in [4.69, 9.17) is 5.63 Å². The van der Waals surface area contributed by atoms with Gasteiger partial charge >= 0.3 is 192 Å². The molecule has 2 aliphatic rings. The van der Waals surface area contributed by atoms with E-state index in [9.17, 15) is 0 Å². The molecule has 31 heavy (non-hydrogen) atoms. The van der Waals surface area contributed by atoms with E-state index < -0.39 is 21.1 Å². The van der Waals surface area contributed by atoms with Gasteiger partial charge in [0.05, 0.1) is 0 Å². The van der Waals surface area contributed by atoms with Crippen molar-refractivity contribution >= 4 is 11.4 Å². The van der Waals surface area contributed by atoms with Crippen LogP contribution in [0.5, 0.6) is 11.5 Å². The molecule has 2 aliphatic carbocycles. The van der Waals surface area contributed by atoms with Gasteiger partial charge in [0.2, 0.25) is 0 Å². The van der Waals surface area contributed by atoms with Gasteiger partial charge in [-0.05, 0) is 0 Å². The van der Waals surface area contributed by atoms with Gasteiger partial charge in [-0.15, -0.1) is 0 Å². The number of rotatable bonds is 8. The zero-order valence-corrected chi connectivity index (χ0v) is 21.1. The summed E-state index contributed by atoms with van der Waals surface area (Å²) in [7, 11) is 8.19. The van der Waals surface area contributed by atoms with Gasteiger partial charge in [0.15, 0.2) is 0 Å². The number of benzene rings is 2. The van der Waals surface area contributed by atoms with Crippen LogP contribution in [0, 0.1) is 0 Å². The van der Waals surface area contributed by atoms with Gasteiger partial charge < -0.3 is 0 Å². The molecule has 0 bridgehead atoms. The summed E-state index contributed by atoms with van der Waals surface area (Å²) in [5.74, 6) is 1.76. The number of nitrogens with zero attached hydrogens (tertiary/aromatic N) is 2. The third-order valence-corrected chi connectivity index (χ3v) is 14.8. The Morgan fingerprint density at radius 2 is 0.935 bits per heavy atom. The van der Waals surface area contributed by atoms with E-state index in [2.05, 4.69) is 82.7 Å². The fraction of sp³-hybridized carbons (Fsp3) is 0.231. The summed E-state index contributed by atoms with van der Waals surface area (Å²) in [5, 5.41) is 0. The first-order valence-corrected chi connectivity index (χ1v) is 15.5. The number of hydrogen-bond donors (Lipinski definition) is 0. The molecular formula is C26H30N2O2Zr. The van der Waals surface area contributed by atoms with Crippen LogP contribution in [0.4, 0.5) is 11.4 Å². The quantitative estimate of drug-likeness (QED) is 0.444. The van der Waals surface area contributed by atoms with Crippen LogP contribution in [0.15, 0.2) is 97.1 Å². The van der Waals surface area contributed by atoms with Gasteiger partial charge in [0.25, 0.3) is 0 Å². The predicted molar refractivity (Wildman–Crippen MR) is 127 cm³/mol. The Bertz CT molecular complexity index is 932. The van der Waals surface area contributed by atoms with Crippen LogP contribution in [0.2, 0.25) is 7.25 Å². The van der Waals surface area contributed by atoms with Crippen molar-refractivity contribution in [1.82, 2.24) is 0 Å². The van der Waals surface area contributed by atoms with Crippen molar-refractivity contribution in [2.24, 2.45) is 0 Å². The monoisotopic (exact) mass is 492 g/mol. The molecule has 0 radical (unpaired) electrons. The molecular weight excluding hydrogens is 464 g/mol. The van der Waals surface area contributed by atoms with Crippen molar-refractivity contribution in [3.8, 4) is 11.5 Å². The number of para-hydroxylation sites is 4. The Balaban J connectivity index is 1.86. The Hall–Kier alpha value is -2.52. The molecule has 0 amide bonds. The zero-order valence-electron chi connectivity index (χ0n) is 18.6. The molecule has 0 aromatic heterocycles. The Morgan fingerprint density at radius 3 is 1.29 bits per heavy atom. The van der Waals surface area contributed by atoms with Gasteiger partial charge in [-0.1, -0.05) is 0 Å². The van der Waals surface area contributed by atoms with Crippen LogP contribution >= 0.6 is 0 Å². The molecule has 5 heteroatoms. The SMILES string of the molecule is CN(C)c1ccccc1[O][Zr]([O]c1ccccc1N(C)C)([CH]1C=CC=C1)[CH]1C=CC=C1. The first-order valence-electron chi connectivity index (χ1n) is 10.6. The third kappa shape index (κ3) is 4.43. The Morgan fingerprint density at radius 1 is 0.581 bits per heavy atom. The molecule has 4 nitrogen and oxygen atoms in total. The summed E-state index contributed by atoms with van der Waals surface area (Å²) in [4.78, 5) is 4.20. The van der Waals surface area contributed by atoms with Crippen molar-refractivity contribution in [3.05, 3.63) is 97.1 Å². The summed E-state index contributed by atoms with van der Waals surface area (Å²) in [6, 6.07) is 16.5. The van der Waals surface area contributed by atoms with Crippen molar-refractivity contribution in [2.45, 2.75) is 7.25 Å². The van der Waals surface area contributed by atoms with Gasteiger partial charge in [0.1, 0.15) is 0 Å². The van der Waals surface area contributed by atoms with E-state index >= 15 is 0 Å². The van der Waals surface area contributed by atoms with E-state index in [1.54, 1.807) is 0 Å². The molecule has 160 valence electrons. The van der Waals surface area contributed by atoms with Gasteiger partial charge in [-0.3, -0.25) is 0 Å². The first-order chi connectivity index (χ1) is 15.0. The molecule has 0 atom stereocenters. The van der Waals surface area contributed by atoms with Crippen molar-refractivity contribution < 1.29 is 26.8 Å². The molecule has 2 aromatic carbocycles. The van der Waals surface area contributed by atoms with Gasteiger partial charge in [-0.25, -0.2) is 0 Å². The van der Waals surface area contributed by atoms with Crippen LogP contribution in [0.25, 0.3) is 0 Å². The minimum absolute atomic E-state index is 0.150. The number of allylic oxidation sites excluding steroid dienone is 8. The van der Waals surface area contributed by atoms with Crippen LogP contribution < -0.4 is 15.4 Å². The Kier molecular flexibility index (Phi) is 6.52. The van der Waals surface area contributed by atoms with Crippen LogP contribution in [-0.2, 0) is 21.1 Å². The van der Waals surface area contributed by atoms with Crippen molar-refractivity contribution in [3.63, 3.8) is 0 Å². The maximum atomic E-state index is 7.12. The minimum atomic E-state index is -3.98. The van der Waals surface area contributed by atoms with E-state index in [1.165, 1.54) is 0 Å². The summed E-state index contributed by atoms with van der Waals surface area (Å²) < 4.78 is 14.5. The molecule has 4 rings (SSSR count). The van der Waals surface area contributed by atoms with E-state index in [-0.39, 0.29) is 7.25 Å². The fourth-order valence-electron chi connectivity index (χ4n) is 4.09. The molecule has 0 saturated carbocycles. The van der Waals surface area contributed by atoms with E-state index in [1.807, 2.05) is 52.5 Å². The van der Waals surface area contributed by atoms with Gasteiger partial charge in [-0.2, -0.15) is 0 Å². The normalized spacial score (nSPS) is 15.6. The average molecular weight is 494 g/mol. The van der Waals surface area contributed by atoms with Crippen LogP contribution in [0.1, 0.15) is 0 Å². The summed E-state index contributed by atoms with van der Waals surface area (Å²) in [6.45, 7) is 0. The predicted octanol–water partition coefficient (Wildman–Crippen LogP) is 6.09. The topological polar surface area (TPSA) is 24.9 Å². The molecule has 0 unspecified atom stereocenters. The maximum absolute atomic E-state index is 7.12. The second kappa shape index (κ2) is 9.32. The molecule has 0 aliphatic heterocycles. The summed E-state index contributed by atoms with van der Waals surface area (Å²) in [6.07, 6.45) is 17.4. The second-order valence-electron chi connectivity index (χ2n) is 8.24. The fourth-order valence-corrected chi connectivity index (χ4v) is 12.9. The standard InChI is InChI=1S/2C8H11NO.2C5H5.Zr/c2*1-9(2)7-5-3-4-6-8(7)10;2*1-2-4-5-3-1;/h2*3-6,10H,1-2H3;2*1-5H;/q;;;;+2/p-2.